The molecule has 0 bridgehead atoms. The van der Waals surface area contributed by atoms with Crippen LogP contribution in [0.3, 0.4) is 0 Å². The van der Waals surface area contributed by atoms with Crippen LogP contribution in [0.5, 0.6) is 5.75 Å². The molecule has 0 fully saturated rings. The Morgan fingerprint density at radius 2 is 1.00 bits per heavy atom. The van der Waals surface area contributed by atoms with E-state index in [1.54, 1.807) is 6.07 Å². The Bertz CT molecular complexity index is 1380. The van der Waals surface area contributed by atoms with Gasteiger partial charge in [0, 0.05) is 15.6 Å². The predicted molar refractivity (Wildman–Crippen MR) is 142 cm³/mol. The molecule has 5 aromatic carbocycles. The number of phenols is 1. The summed E-state index contributed by atoms with van der Waals surface area (Å²) in [5.41, 5.74) is 9.97. The molecule has 0 aromatic heterocycles. The Morgan fingerprint density at radius 3 is 1.55 bits per heavy atom. The molecule has 160 valence electrons. The van der Waals surface area contributed by atoms with E-state index < -0.39 is 0 Å². The highest BCUT2D eigenvalue weighted by atomic mass is 79.9. The van der Waals surface area contributed by atoms with Crippen LogP contribution < -0.4 is 0 Å². The molecule has 0 heterocycles. The number of rotatable bonds is 4. The van der Waals surface area contributed by atoms with E-state index in [1.807, 2.05) is 24.3 Å². The molecule has 0 unspecified atom stereocenters. The molecular weight excluding hydrogens is 468 g/mol. The zero-order valence-corrected chi connectivity index (χ0v) is 19.9. The van der Waals surface area contributed by atoms with Crippen LogP contribution in [0.15, 0.2) is 120 Å². The minimum atomic E-state index is 0.281. The van der Waals surface area contributed by atoms with Gasteiger partial charge in [0.05, 0.1) is 0 Å². The Balaban J connectivity index is 1.45. The van der Waals surface area contributed by atoms with Crippen molar-refractivity contribution in [3.05, 3.63) is 125 Å². The average molecular weight is 491 g/mol. The van der Waals surface area contributed by atoms with Crippen LogP contribution in [0.1, 0.15) is 5.56 Å². The van der Waals surface area contributed by atoms with Gasteiger partial charge in [-0.25, -0.2) is 0 Å². The number of aromatic hydroxyl groups is 1. The highest BCUT2D eigenvalue weighted by Crippen LogP contribution is 2.39. The molecule has 0 radical (unpaired) electrons. The molecule has 2 heteroatoms. The van der Waals surface area contributed by atoms with Crippen molar-refractivity contribution in [1.82, 2.24) is 0 Å². The average Bonchev–Trinajstić information content (AvgIpc) is 2.86. The molecule has 5 aromatic rings. The number of phenolic OH excluding ortho intramolecular Hbond substituents is 1. The largest absolute Gasteiger partial charge is 0.507 e. The fraction of sp³-hybridized carbons (Fsp3) is 0.0323. The normalized spacial score (nSPS) is 10.8. The van der Waals surface area contributed by atoms with Gasteiger partial charge >= 0.3 is 0 Å². The summed E-state index contributed by atoms with van der Waals surface area (Å²) in [5, 5.41) is 10.6. The lowest BCUT2D eigenvalue weighted by Gasteiger charge is -2.13. The van der Waals surface area contributed by atoms with Crippen molar-refractivity contribution in [1.29, 1.82) is 0 Å². The van der Waals surface area contributed by atoms with Crippen LogP contribution in [0.4, 0.5) is 0 Å². The Kier molecular flexibility index (Phi) is 5.85. The van der Waals surface area contributed by atoms with Gasteiger partial charge < -0.3 is 5.11 Å². The maximum absolute atomic E-state index is 10.6. The molecule has 0 aliphatic heterocycles. The highest BCUT2D eigenvalue weighted by molar-refractivity contribution is 9.10. The second-order valence-corrected chi connectivity index (χ2v) is 9.04. The first-order valence-electron chi connectivity index (χ1n) is 10.9. The van der Waals surface area contributed by atoms with Crippen LogP contribution in [-0.4, -0.2) is 5.11 Å². The van der Waals surface area contributed by atoms with Gasteiger partial charge in [-0.05, 0) is 64.1 Å². The molecule has 0 spiro atoms. The summed E-state index contributed by atoms with van der Waals surface area (Å²) in [4.78, 5) is 0. The van der Waals surface area contributed by atoms with Gasteiger partial charge in [-0.3, -0.25) is 0 Å². The zero-order chi connectivity index (χ0) is 22.8. The molecular formula is C31H23BrO. The van der Waals surface area contributed by atoms with E-state index in [-0.39, 0.29) is 5.75 Å². The molecule has 0 atom stereocenters. The molecule has 0 aliphatic carbocycles. The van der Waals surface area contributed by atoms with Gasteiger partial charge in [0.15, 0.2) is 0 Å². The van der Waals surface area contributed by atoms with Crippen molar-refractivity contribution in [2.24, 2.45) is 0 Å². The summed E-state index contributed by atoms with van der Waals surface area (Å²) in [6.45, 7) is 2.06. The third-order valence-corrected chi connectivity index (χ3v) is 6.69. The summed E-state index contributed by atoms with van der Waals surface area (Å²) in [7, 11) is 0. The van der Waals surface area contributed by atoms with Crippen molar-refractivity contribution >= 4 is 15.9 Å². The highest BCUT2D eigenvalue weighted by Gasteiger charge is 2.12. The molecule has 0 amide bonds. The summed E-state index contributed by atoms with van der Waals surface area (Å²) in [6.07, 6.45) is 0. The third-order valence-electron chi connectivity index (χ3n) is 6.03. The van der Waals surface area contributed by atoms with Gasteiger partial charge in [0.2, 0.25) is 0 Å². The van der Waals surface area contributed by atoms with E-state index in [0.717, 1.165) is 32.3 Å². The summed E-state index contributed by atoms with van der Waals surface area (Å²) >= 11 is 3.64. The zero-order valence-electron chi connectivity index (χ0n) is 18.3. The number of hydrogen-bond donors (Lipinski definition) is 1. The van der Waals surface area contributed by atoms with Crippen LogP contribution in [0.25, 0.3) is 44.5 Å². The standard InChI is InChI=1S/C31H23BrO/c1-21-6-5-9-29(32)31(21)28-20-27(18-19-30(28)33)26-16-14-25(15-17-26)24-12-10-23(11-13-24)22-7-3-2-4-8-22/h2-20,33H,1H3. The Morgan fingerprint density at radius 1 is 0.515 bits per heavy atom. The van der Waals surface area contributed by atoms with Gasteiger partial charge in [0.25, 0.3) is 0 Å². The van der Waals surface area contributed by atoms with Crippen LogP contribution in [-0.2, 0) is 0 Å². The van der Waals surface area contributed by atoms with Crippen molar-refractivity contribution < 1.29 is 5.11 Å². The number of aryl methyl sites for hydroxylation is 1. The van der Waals surface area contributed by atoms with Crippen LogP contribution >= 0.6 is 15.9 Å². The SMILES string of the molecule is Cc1cccc(Br)c1-c1cc(-c2ccc(-c3ccc(-c4ccccc4)cc3)cc2)ccc1O. The number of halogens is 1. The van der Waals surface area contributed by atoms with Crippen LogP contribution in [0, 0.1) is 6.92 Å². The summed E-state index contributed by atoms with van der Waals surface area (Å²) in [6, 6.07) is 39.6. The lowest BCUT2D eigenvalue weighted by atomic mass is 9.94. The fourth-order valence-corrected chi connectivity index (χ4v) is 4.91. The van der Waals surface area contributed by atoms with Crippen molar-refractivity contribution in [2.45, 2.75) is 6.92 Å². The maximum Gasteiger partial charge on any atom is 0.123 e. The van der Waals surface area contributed by atoms with Crippen molar-refractivity contribution in [2.75, 3.05) is 0 Å². The van der Waals surface area contributed by atoms with E-state index in [9.17, 15) is 5.11 Å². The monoisotopic (exact) mass is 490 g/mol. The molecule has 0 saturated heterocycles. The fourth-order valence-electron chi connectivity index (χ4n) is 4.23. The van der Waals surface area contributed by atoms with Gasteiger partial charge in [-0.15, -0.1) is 0 Å². The Hall–Kier alpha value is -3.62. The van der Waals surface area contributed by atoms with E-state index in [2.05, 4.69) is 108 Å². The lowest BCUT2D eigenvalue weighted by Crippen LogP contribution is -1.88. The van der Waals surface area contributed by atoms with Crippen molar-refractivity contribution in [3.63, 3.8) is 0 Å². The van der Waals surface area contributed by atoms with E-state index in [0.29, 0.717) is 0 Å². The van der Waals surface area contributed by atoms with E-state index in [4.69, 9.17) is 0 Å². The minimum absolute atomic E-state index is 0.281. The minimum Gasteiger partial charge on any atom is -0.507 e. The van der Waals surface area contributed by atoms with Gasteiger partial charge in [0.1, 0.15) is 5.75 Å². The molecule has 5 rings (SSSR count). The number of hydrogen-bond acceptors (Lipinski definition) is 1. The van der Waals surface area contributed by atoms with Gasteiger partial charge in [-0.1, -0.05) is 113 Å². The first kappa shape index (κ1) is 21.2. The van der Waals surface area contributed by atoms with E-state index in [1.165, 1.54) is 22.3 Å². The van der Waals surface area contributed by atoms with Crippen LogP contribution in [0.2, 0.25) is 0 Å². The molecule has 1 N–H and O–H groups in total. The summed E-state index contributed by atoms with van der Waals surface area (Å²) in [5.74, 6) is 0.281. The number of benzene rings is 5. The Labute approximate surface area is 203 Å². The first-order chi connectivity index (χ1) is 16.1. The summed E-state index contributed by atoms with van der Waals surface area (Å²) < 4.78 is 0.976. The smallest absolute Gasteiger partial charge is 0.123 e. The topological polar surface area (TPSA) is 20.2 Å². The quantitative estimate of drug-likeness (QED) is 0.266. The predicted octanol–water partition coefficient (Wildman–Crippen LogP) is 9.13. The molecule has 0 aliphatic rings. The van der Waals surface area contributed by atoms with E-state index >= 15 is 0 Å². The molecule has 0 saturated carbocycles. The third kappa shape index (κ3) is 4.35. The molecule has 1 nitrogen and oxygen atoms in total. The molecule has 33 heavy (non-hydrogen) atoms. The lowest BCUT2D eigenvalue weighted by molar-refractivity contribution is 0.477. The first-order valence-corrected chi connectivity index (χ1v) is 11.7. The van der Waals surface area contributed by atoms with Crippen molar-refractivity contribution in [3.8, 4) is 50.3 Å². The van der Waals surface area contributed by atoms with Gasteiger partial charge in [-0.2, -0.15) is 0 Å². The second kappa shape index (κ2) is 9.09. The maximum atomic E-state index is 10.6. The second-order valence-electron chi connectivity index (χ2n) is 8.18.